The predicted molar refractivity (Wildman–Crippen MR) is 87.4 cm³/mol. The second kappa shape index (κ2) is 7.11. The van der Waals surface area contributed by atoms with Gasteiger partial charge in [-0.15, -0.1) is 0 Å². The molecule has 0 radical (unpaired) electrons. The Kier molecular flexibility index (Phi) is 6.08. The maximum absolute atomic E-state index is 6.04. The molecule has 0 amide bonds. The number of hydroxylamine groups is 1. The first-order valence-electron chi connectivity index (χ1n) is 7.39. The summed E-state index contributed by atoms with van der Waals surface area (Å²) in [7, 11) is -1.06. The zero-order valence-corrected chi connectivity index (χ0v) is 14.5. The summed E-state index contributed by atoms with van der Waals surface area (Å²) >= 11 is 0. The molecule has 0 aliphatic heterocycles. The summed E-state index contributed by atoms with van der Waals surface area (Å²) in [6.07, 6.45) is 2.36. The van der Waals surface area contributed by atoms with Crippen molar-refractivity contribution >= 4 is 14.7 Å². The standard InChI is InChI=1S/C16H29NOSi/c1-7-8-13-17(18-19(5)6)15-11-9-14(10-12-15)16(2,3)4/h9-12,19H,7-8,13H2,1-6H3. The zero-order chi connectivity index (χ0) is 14.5. The van der Waals surface area contributed by atoms with Crippen LogP contribution in [-0.4, -0.2) is 15.6 Å². The van der Waals surface area contributed by atoms with Crippen molar-refractivity contribution in [3.63, 3.8) is 0 Å². The zero-order valence-electron chi connectivity index (χ0n) is 13.4. The van der Waals surface area contributed by atoms with Crippen LogP contribution in [0.4, 0.5) is 5.69 Å². The van der Waals surface area contributed by atoms with E-state index in [0.717, 1.165) is 6.54 Å². The van der Waals surface area contributed by atoms with Crippen LogP contribution in [0.3, 0.4) is 0 Å². The molecule has 0 N–H and O–H groups in total. The number of rotatable bonds is 6. The molecule has 108 valence electrons. The van der Waals surface area contributed by atoms with E-state index in [-0.39, 0.29) is 5.41 Å². The SMILES string of the molecule is CCCCN(O[SiH](C)C)c1ccc(C(C)(C)C)cc1. The van der Waals surface area contributed by atoms with Gasteiger partial charge >= 0.3 is 0 Å². The first-order valence-corrected chi connectivity index (χ1v) is 10.2. The van der Waals surface area contributed by atoms with E-state index in [1.807, 2.05) is 0 Å². The Morgan fingerprint density at radius 3 is 2.11 bits per heavy atom. The maximum atomic E-state index is 6.04. The first kappa shape index (κ1) is 16.3. The minimum atomic E-state index is -1.06. The molecule has 1 aromatic carbocycles. The monoisotopic (exact) mass is 279 g/mol. The lowest BCUT2D eigenvalue weighted by atomic mass is 9.87. The van der Waals surface area contributed by atoms with Gasteiger partial charge in [0.2, 0.25) is 9.04 Å². The molecule has 0 fully saturated rings. The number of nitrogens with zero attached hydrogens (tertiary/aromatic N) is 1. The Labute approximate surface area is 120 Å². The average Bonchev–Trinajstić information content (AvgIpc) is 2.33. The Bertz CT molecular complexity index is 367. The molecule has 0 aliphatic rings. The van der Waals surface area contributed by atoms with Crippen molar-refractivity contribution < 1.29 is 4.53 Å². The third-order valence-corrected chi connectivity index (χ3v) is 3.75. The highest BCUT2D eigenvalue weighted by Gasteiger charge is 2.15. The molecular formula is C16H29NOSi. The van der Waals surface area contributed by atoms with Crippen molar-refractivity contribution in [3.8, 4) is 0 Å². The van der Waals surface area contributed by atoms with Gasteiger partial charge in [0.05, 0.1) is 5.69 Å². The van der Waals surface area contributed by atoms with Crippen LogP contribution in [0, 0.1) is 0 Å². The van der Waals surface area contributed by atoms with E-state index in [4.69, 9.17) is 4.53 Å². The van der Waals surface area contributed by atoms with Gasteiger partial charge < -0.3 is 4.53 Å². The van der Waals surface area contributed by atoms with E-state index < -0.39 is 9.04 Å². The lowest BCUT2D eigenvalue weighted by Crippen LogP contribution is -2.30. The predicted octanol–water partition coefficient (Wildman–Crippen LogP) is 4.51. The maximum Gasteiger partial charge on any atom is 0.208 e. The number of benzene rings is 1. The minimum absolute atomic E-state index is 0.209. The number of anilines is 1. The van der Waals surface area contributed by atoms with Gasteiger partial charge in [-0.2, -0.15) is 0 Å². The van der Waals surface area contributed by atoms with Crippen molar-refractivity contribution in [3.05, 3.63) is 29.8 Å². The van der Waals surface area contributed by atoms with E-state index in [1.165, 1.54) is 24.1 Å². The van der Waals surface area contributed by atoms with Gasteiger partial charge in [-0.05, 0) is 42.6 Å². The summed E-state index contributed by atoms with van der Waals surface area (Å²) in [4.78, 5) is 0. The number of unbranched alkanes of at least 4 members (excludes halogenated alkanes) is 1. The van der Waals surface area contributed by atoms with Gasteiger partial charge in [-0.3, -0.25) is 5.06 Å². The van der Waals surface area contributed by atoms with E-state index in [2.05, 4.69) is 70.1 Å². The Morgan fingerprint density at radius 2 is 1.68 bits per heavy atom. The minimum Gasteiger partial charge on any atom is -0.324 e. The van der Waals surface area contributed by atoms with Crippen LogP contribution in [-0.2, 0) is 9.94 Å². The summed E-state index contributed by atoms with van der Waals surface area (Å²) in [6, 6.07) is 8.82. The van der Waals surface area contributed by atoms with Crippen molar-refractivity contribution in [2.24, 2.45) is 0 Å². The molecule has 1 aromatic rings. The first-order chi connectivity index (χ1) is 8.84. The quantitative estimate of drug-likeness (QED) is 0.561. The molecule has 3 heteroatoms. The second-order valence-electron chi connectivity index (χ2n) is 6.41. The van der Waals surface area contributed by atoms with Crippen LogP contribution in [0.1, 0.15) is 46.1 Å². The van der Waals surface area contributed by atoms with E-state index in [0.29, 0.717) is 0 Å². The summed E-state index contributed by atoms with van der Waals surface area (Å²) in [5.74, 6) is 0. The van der Waals surface area contributed by atoms with Gasteiger partial charge in [0.25, 0.3) is 0 Å². The molecule has 0 atom stereocenters. The van der Waals surface area contributed by atoms with Crippen molar-refractivity contribution in [2.75, 3.05) is 11.6 Å². The molecule has 0 unspecified atom stereocenters. The molecule has 0 aliphatic carbocycles. The third-order valence-electron chi connectivity index (χ3n) is 3.07. The fourth-order valence-corrected chi connectivity index (χ4v) is 2.66. The Balaban J connectivity index is 2.84. The van der Waals surface area contributed by atoms with Gasteiger partial charge in [0.15, 0.2) is 0 Å². The molecule has 0 saturated heterocycles. The van der Waals surface area contributed by atoms with Crippen molar-refractivity contribution in [1.82, 2.24) is 0 Å². The average molecular weight is 279 g/mol. The third kappa shape index (κ3) is 5.37. The van der Waals surface area contributed by atoms with Crippen LogP contribution in [0.15, 0.2) is 24.3 Å². The molecule has 2 nitrogen and oxygen atoms in total. The fraction of sp³-hybridized carbons (Fsp3) is 0.625. The van der Waals surface area contributed by atoms with E-state index >= 15 is 0 Å². The topological polar surface area (TPSA) is 12.5 Å². The number of hydrogen-bond donors (Lipinski definition) is 0. The fourth-order valence-electron chi connectivity index (χ4n) is 1.93. The molecule has 0 saturated carbocycles. The van der Waals surface area contributed by atoms with Gasteiger partial charge in [-0.1, -0.05) is 46.2 Å². The second-order valence-corrected chi connectivity index (χ2v) is 8.72. The van der Waals surface area contributed by atoms with Crippen LogP contribution < -0.4 is 5.06 Å². The van der Waals surface area contributed by atoms with Crippen LogP contribution in [0.25, 0.3) is 0 Å². The van der Waals surface area contributed by atoms with E-state index in [9.17, 15) is 0 Å². The summed E-state index contributed by atoms with van der Waals surface area (Å²) in [5.41, 5.74) is 2.76. The Hall–Kier alpha value is -0.803. The molecular weight excluding hydrogens is 250 g/mol. The molecule has 0 bridgehead atoms. The van der Waals surface area contributed by atoms with Crippen LogP contribution in [0.5, 0.6) is 0 Å². The van der Waals surface area contributed by atoms with Crippen molar-refractivity contribution in [1.29, 1.82) is 0 Å². The van der Waals surface area contributed by atoms with Crippen LogP contribution in [0.2, 0.25) is 13.1 Å². The Morgan fingerprint density at radius 1 is 1.11 bits per heavy atom. The van der Waals surface area contributed by atoms with Crippen LogP contribution >= 0.6 is 0 Å². The highest BCUT2D eigenvalue weighted by molar-refractivity contribution is 6.48. The lowest BCUT2D eigenvalue weighted by Gasteiger charge is -2.27. The number of hydrogen-bond acceptors (Lipinski definition) is 2. The smallest absolute Gasteiger partial charge is 0.208 e. The molecule has 0 aromatic heterocycles. The molecule has 0 heterocycles. The summed E-state index contributed by atoms with van der Waals surface area (Å²) in [5, 5.41) is 2.09. The largest absolute Gasteiger partial charge is 0.324 e. The highest BCUT2D eigenvalue weighted by Crippen LogP contribution is 2.25. The highest BCUT2D eigenvalue weighted by atomic mass is 28.3. The lowest BCUT2D eigenvalue weighted by molar-refractivity contribution is 0.282. The molecule has 1 rings (SSSR count). The van der Waals surface area contributed by atoms with Gasteiger partial charge in [0, 0.05) is 6.54 Å². The molecule has 19 heavy (non-hydrogen) atoms. The normalized spacial score (nSPS) is 11.9. The summed E-state index contributed by atoms with van der Waals surface area (Å²) < 4.78 is 6.04. The van der Waals surface area contributed by atoms with E-state index in [1.54, 1.807) is 0 Å². The van der Waals surface area contributed by atoms with Crippen molar-refractivity contribution in [2.45, 2.75) is 59.0 Å². The molecule has 0 spiro atoms. The van der Waals surface area contributed by atoms with Gasteiger partial charge in [-0.25, -0.2) is 0 Å². The summed E-state index contributed by atoms with van der Waals surface area (Å²) in [6.45, 7) is 14.4. The van der Waals surface area contributed by atoms with Gasteiger partial charge in [0.1, 0.15) is 0 Å².